The summed E-state index contributed by atoms with van der Waals surface area (Å²) in [6.45, 7) is 5.90. The van der Waals surface area contributed by atoms with E-state index in [0.717, 1.165) is 25.6 Å². The number of piperidine rings is 1. The lowest BCUT2D eigenvalue weighted by Gasteiger charge is -2.37. The van der Waals surface area contributed by atoms with Crippen LogP contribution in [0.1, 0.15) is 20.3 Å². The van der Waals surface area contributed by atoms with Crippen LogP contribution in [0.3, 0.4) is 0 Å². The van der Waals surface area contributed by atoms with E-state index in [-0.39, 0.29) is 5.69 Å². The fraction of sp³-hybridized carbons (Fsp3) is 0.538. The molecule has 0 radical (unpaired) electrons. The van der Waals surface area contributed by atoms with Gasteiger partial charge in [0.1, 0.15) is 5.82 Å². The maximum Gasteiger partial charge on any atom is 0.151 e. The van der Waals surface area contributed by atoms with Crippen molar-refractivity contribution in [2.24, 2.45) is 11.8 Å². The molecule has 2 atom stereocenters. The number of hydrogen-bond donors (Lipinski definition) is 1. The van der Waals surface area contributed by atoms with Crippen LogP contribution in [0, 0.1) is 23.5 Å². The van der Waals surface area contributed by atoms with E-state index in [1.807, 2.05) is 4.90 Å². The smallest absolute Gasteiger partial charge is 0.151 e. The van der Waals surface area contributed by atoms with Crippen molar-refractivity contribution in [2.45, 2.75) is 20.3 Å². The van der Waals surface area contributed by atoms with Gasteiger partial charge in [0.15, 0.2) is 5.82 Å². The van der Waals surface area contributed by atoms with Crippen molar-refractivity contribution >= 4 is 11.4 Å². The number of nitrogens with two attached hydrogens (primary N) is 1. The Morgan fingerprint density at radius 2 is 1.76 bits per heavy atom. The number of nitrogen functional groups attached to an aromatic ring is 1. The second kappa shape index (κ2) is 4.51. The molecule has 0 amide bonds. The Hall–Kier alpha value is -1.32. The molecule has 0 saturated carbocycles. The highest BCUT2D eigenvalue weighted by Crippen LogP contribution is 2.32. The van der Waals surface area contributed by atoms with Crippen LogP contribution in [0.15, 0.2) is 12.1 Å². The first-order valence-electron chi connectivity index (χ1n) is 5.97. The molecule has 4 heteroatoms. The van der Waals surface area contributed by atoms with Gasteiger partial charge in [0.05, 0.1) is 11.4 Å². The van der Waals surface area contributed by atoms with Gasteiger partial charge in [-0.15, -0.1) is 0 Å². The highest BCUT2D eigenvalue weighted by atomic mass is 19.1. The molecule has 1 fully saturated rings. The molecule has 17 heavy (non-hydrogen) atoms. The maximum absolute atomic E-state index is 13.4. The SMILES string of the molecule is CC1CC(C)CN(c2cc(F)cc(F)c2N)C1. The van der Waals surface area contributed by atoms with Gasteiger partial charge >= 0.3 is 0 Å². The van der Waals surface area contributed by atoms with E-state index in [1.54, 1.807) is 0 Å². The quantitative estimate of drug-likeness (QED) is 0.764. The van der Waals surface area contributed by atoms with Crippen molar-refractivity contribution in [1.82, 2.24) is 0 Å². The lowest BCUT2D eigenvalue weighted by Crippen LogP contribution is -2.39. The monoisotopic (exact) mass is 240 g/mol. The van der Waals surface area contributed by atoms with Crippen LogP contribution in [0.4, 0.5) is 20.2 Å². The van der Waals surface area contributed by atoms with E-state index in [9.17, 15) is 8.78 Å². The van der Waals surface area contributed by atoms with Gasteiger partial charge in [-0.1, -0.05) is 13.8 Å². The third-order valence-corrected chi connectivity index (χ3v) is 3.28. The van der Waals surface area contributed by atoms with Crippen LogP contribution in [-0.2, 0) is 0 Å². The molecule has 2 rings (SSSR count). The zero-order chi connectivity index (χ0) is 12.6. The summed E-state index contributed by atoms with van der Waals surface area (Å²) in [6.07, 6.45) is 1.15. The summed E-state index contributed by atoms with van der Waals surface area (Å²) in [4.78, 5) is 1.99. The van der Waals surface area contributed by atoms with Gasteiger partial charge < -0.3 is 10.6 Å². The Morgan fingerprint density at radius 1 is 1.18 bits per heavy atom. The van der Waals surface area contributed by atoms with Crippen molar-refractivity contribution in [3.05, 3.63) is 23.8 Å². The second-order valence-electron chi connectivity index (χ2n) is 5.17. The lowest BCUT2D eigenvalue weighted by atomic mass is 9.91. The molecular formula is C13H18F2N2. The van der Waals surface area contributed by atoms with Gasteiger partial charge in [-0.3, -0.25) is 0 Å². The van der Waals surface area contributed by atoms with E-state index in [4.69, 9.17) is 5.73 Å². The van der Waals surface area contributed by atoms with E-state index >= 15 is 0 Å². The molecule has 1 aromatic rings. The molecule has 1 aliphatic rings. The molecule has 1 aromatic carbocycles. The highest BCUT2D eigenvalue weighted by Gasteiger charge is 2.24. The second-order valence-corrected chi connectivity index (χ2v) is 5.17. The van der Waals surface area contributed by atoms with E-state index in [1.165, 1.54) is 6.07 Å². The van der Waals surface area contributed by atoms with E-state index in [0.29, 0.717) is 17.5 Å². The molecule has 1 heterocycles. The molecule has 0 aliphatic carbocycles. The average molecular weight is 240 g/mol. The summed E-state index contributed by atoms with van der Waals surface area (Å²) in [5, 5.41) is 0. The summed E-state index contributed by atoms with van der Waals surface area (Å²) >= 11 is 0. The van der Waals surface area contributed by atoms with E-state index < -0.39 is 11.6 Å². The van der Waals surface area contributed by atoms with Crippen LogP contribution in [0.5, 0.6) is 0 Å². The fourth-order valence-electron chi connectivity index (χ4n) is 2.69. The molecule has 1 saturated heterocycles. The fourth-order valence-corrected chi connectivity index (χ4v) is 2.69. The number of anilines is 2. The highest BCUT2D eigenvalue weighted by molar-refractivity contribution is 5.68. The molecule has 2 unspecified atom stereocenters. The Bertz CT molecular complexity index is 410. The molecule has 2 N–H and O–H groups in total. The van der Waals surface area contributed by atoms with Gasteiger partial charge in [0, 0.05) is 19.2 Å². The zero-order valence-corrected chi connectivity index (χ0v) is 10.2. The molecule has 0 aromatic heterocycles. The Morgan fingerprint density at radius 3 is 2.35 bits per heavy atom. The minimum Gasteiger partial charge on any atom is -0.395 e. The van der Waals surface area contributed by atoms with Crippen molar-refractivity contribution in [3.8, 4) is 0 Å². The normalized spacial score (nSPS) is 25.1. The summed E-state index contributed by atoms with van der Waals surface area (Å²) in [7, 11) is 0. The number of halogens is 2. The zero-order valence-electron chi connectivity index (χ0n) is 10.2. The minimum atomic E-state index is -0.675. The van der Waals surface area contributed by atoms with Crippen molar-refractivity contribution in [1.29, 1.82) is 0 Å². The van der Waals surface area contributed by atoms with Gasteiger partial charge in [-0.25, -0.2) is 8.78 Å². The summed E-state index contributed by atoms with van der Waals surface area (Å²) in [5.74, 6) is -0.211. The van der Waals surface area contributed by atoms with Crippen molar-refractivity contribution < 1.29 is 8.78 Å². The lowest BCUT2D eigenvalue weighted by molar-refractivity contribution is 0.356. The molecule has 0 spiro atoms. The van der Waals surface area contributed by atoms with Crippen molar-refractivity contribution in [2.75, 3.05) is 23.7 Å². The first kappa shape index (κ1) is 12.1. The number of benzene rings is 1. The minimum absolute atomic E-state index is 0.0488. The molecular weight excluding hydrogens is 222 g/mol. The molecule has 2 nitrogen and oxygen atoms in total. The van der Waals surface area contributed by atoms with E-state index in [2.05, 4.69) is 13.8 Å². The maximum atomic E-state index is 13.4. The van der Waals surface area contributed by atoms with Gasteiger partial charge in [0.2, 0.25) is 0 Å². The predicted octanol–water partition coefficient (Wildman–Crippen LogP) is 3.03. The first-order chi connectivity index (χ1) is 7.97. The van der Waals surface area contributed by atoms with Crippen molar-refractivity contribution in [3.63, 3.8) is 0 Å². The topological polar surface area (TPSA) is 29.3 Å². The van der Waals surface area contributed by atoms with Crippen LogP contribution in [0.25, 0.3) is 0 Å². The van der Waals surface area contributed by atoms with Crippen LogP contribution in [-0.4, -0.2) is 13.1 Å². The Labute approximate surface area is 100 Å². The third kappa shape index (κ3) is 2.51. The summed E-state index contributed by atoms with van der Waals surface area (Å²) in [6, 6.07) is 2.15. The summed E-state index contributed by atoms with van der Waals surface area (Å²) in [5.41, 5.74) is 6.23. The van der Waals surface area contributed by atoms with Crippen LogP contribution >= 0.6 is 0 Å². The number of rotatable bonds is 1. The molecule has 94 valence electrons. The number of nitrogens with zero attached hydrogens (tertiary/aromatic N) is 1. The predicted molar refractivity (Wildman–Crippen MR) is 65.9 cm³/mol. The van der Waals surface area contributed by atoms with Crippen LogP contribution in [0.2, 0.25) is 0 Å². The number of hydrogen-bond acceptors (Lipinski definition) is 2. The average Bonchev–Trinajstić information content (AvgIpc) is 2.22. The standard InChI is InChI=1S/C13H18F2N2/c1-8-3-9(2)7-17(6-8)12-5-10(14)4-11(15)13(12)16/h4-5,8-9H,3,6-7,16H2,1-2H3. The first-order valence-corrected chi connectivity index (χ1v) is 5.97. The Kier molecular flexibility index (Phi) is 3.22. The largest absolute Gasteiger partial charge is 0.395 e. The van der Waals surface area contributed by atoms with Crippen LogP contribution < -0.4 is 10.6 Å². The third-order valence-electron chi connectivity index (χ3n) is 3.28. The van der Waals surface area contributed by atoms with Gasteiger partial charge in [-0.2, -0.15) is 0 Å². The Balaban J connectivity index is 2.33. The molecule has 1 aliphatic heterocycles. The molecule has 0 bridgehead atoms. The summed E-state index contributed by atoms with van der Waals surface area (Å²) < 4.78 is 26.6. The van der Waals surface area contributed by atoms with Gasteiger partial charge in [-0.05, 0) is 24.3 Å². The van der Waals surface area contributed by atoms with Gasteiger partial charge in [0.25, 0.3) is 0 Å².